The van der Waals surface area contributed by atoms with Crippen LogP contribution in [0.15, 0.2) is 10.9 Å². The number of nitrogens with zero attached hydrogens (tertiary/aromatic N) is 1. The first-order chi connectivity index (χ1) is 7.91. The van der Waals surface area contributed by atoms with E-state index in [2.05, 4.69) is 0 Å². The van der Waals surface area contributed by atoms with E-state index in [4.69, 9.17) is 0 Å². The largest absolute Gasteiger partial charge is 0.431 e. The lowest BCUT2D eigenvalue weighted by atomic mass is 10.1. The molecular weight excluding hydrogens is 231 g/mol. The molecule has 1 aromatic rings. The molecular formula is C12H14F3NO. The van der Waals surface area contributed by atoms with Gasteiger partial charge in [-0.25, -0.2) is 0 Å². The van der Waals surface area contributed by atoms with E-state index in [0.29, 0.717) is 18.7 Å². The number of aryl methyl sites for hydroxylation is 1. The van der Waals surface area contributed by atoms with E-state index < -0.39 is 17.3 Å². The molecule has 2 nitrogen and oxygen atoms in total. The molecule has 0 bridgehead atoms. The van der Waals surface area contributed by atoms with Crippen molar-refractivity contribution in [3.63, 3.8) is 0 Å². The van der Waals surface area contributed by atoms with Crippen molar-refractivity contribution in [1.82, 2.24) is 4.57 Å². The normalized spacial score (nSPS) is 16.5. The van der Waals surface area contributed by atoms with Crippen LogP contribution in [-0.4, -0.2) is 4.57 Å². The number of aromatic nitrogens is 1. The molecule has 2 rings (SSSR count). The fraction of sp³-hybridized carbons (Fsp3) is 0.583. The predicted molar refractivity (Wildman–Crippen MR) is 58.0 cm³/mol. The maximum Gasteiger partial charge on any atom is 0.431 e. The van der Waals surface area contributed by atoms with Crippen LogP contribution < -0.4 is 5.43 Å². The summed E-state index contributed by atoms with van der Waals surface area (Å²) in [4.78, 5) is 11.6. The summed E-state index contributed by atoms with van der Waals surface area (Å²) in [6.45, 7) is 1.61. The van der Waals surface area contributed by atoms with Crippen LogP contribution in [0.2, 0.25) is 0 Å². The Hall–Kier alpha value is -1.26. The molecule has 94 valence electrons. The van der Waals surface area contributed by atoms with E-state index in [1.165, 1.54) is 17.6 Å². The second-order valence-corrected chi connectivity index (χ2v) is 4.43. The van der Waals surface area contributed by atoms with Crippen LogP contribution in [0.3, 0.4) is 0 Å². The number of pyridine rings is 1. The Morgan fingerprint density at radius 1 is 1.24 bits per heavy atom. The van der Waals surface area contributed by atoms with E-state index in [9.17, 15) is 18.0 Å². The molecule has 0 unspecified atom stereocenters. The van der Waals surface area contributed by atoms with Gasteiger partial charge in [0.2, 0.25) is 0 Å². The average Bonchev–Trinajstić information content (AvgIpc) is 2.42. The molecule has 1 aliphatic heterocycles. The van der Waals surface area contributed by atoms with Crippen LogP contribution in [-0.2, 0) is 19.1 Å². The van der Waals surface area contributed by atoms with Gasteiger partial charge in [0, 0.05) is 23.9 Å². The summed E-state index contributed by atoms with van der Waals surface area (Å²) in [6, 6.07) is 1.36. The molecule has 0 saturated carbocycles. The van der Waals surface area contributed by atoms with Crippen LogP contribution in [0.5, 0.6) is 0 Å². The lowest BCUT2D eigenvalue weighted by Crippen LogP contribution is -2.26. The Morgan fingerprint density at radius 2 is 1.94 bits per heavy atom. The fourth-order valence-electron chi connectivity index (χ4n) is 2.38. The second kappa shape index (κ2) is 4.20. The highest BCUT2D eigenvalue weighted by Gasteiger charge is 2.37. The van der Waals surface area contributed by atoms with Crippen molar-refractivity contribution >= 4 is 0 Å². The Kier molecular flexibility index (Phi) is 3.02. The summed E-state index contributed by atoms with van der Waals surface area (Å²) in [7, 11) is 0. The standard InChI is InChI=1S/C12H14F3NO/c1-8-10(17)7-9-5-3-2-4-6-16(9)11(8)12(13,14)15/h7H,2-6H2,1H3. The van der Waals surface area contributed by atoms with Gasteiger partial charge in [-0.05, 0) is 26.2 Å². The lowest BCUT2D eigenvalue weighted by Gasteiger charge is -2.20. The van der Waals surface area contributed by atoms with Gasteiger partial charge in [-0.3, -0.25) is 4.79 Å². The minimum atomic E-state index is -4.45. The van der Waals surface area contributed by atoms with E-state index in [1.807, 2.05) is 0 Å². The monoisotopic (exact) mass is 245 g/mol. The zero-order valence-corrected chi connectivity index (χ0v) is 9.60. The van der Waals surface area contributed by atoms with Crippen molar-refractivity contribution in [1.29, 1.82) is 0 Å². The number of alkyl halides is 3. The lowest BCUT2D eigenvalue weighted by molar-refractivity contribution is -0.144. The topological polar surface area (TPSA) is 22.0 Å². The Morgan fingerprint density at radius 3 is 2.59 bits per heavy atom. The van der Waals surface area contributed by atoms with Crippen molar-refractivity contribution in [3.05, 3.63) is 33.2 Å². The summed E-state index contributed by atoms with van der Waals surface area (Å²) in [5.41, 5.74) is -0.944. The number of hydrogen-bond donors (Lipinski definition) is 0. The molecule has 0 radical (unpaired) electrons. The maximum atomic E-state index is 13.0. The highest BCUT2D eigenvalue weighted by atomic mass is 19.4. The second-order valence-electron chi connectivity index (χ2n) is 4.43. The maximum absolute atomic E-state index is 13.0. The number of rotatable bonds is 0. The highest BCUT2D eigenvalue weighted by molar-refractivity contribution is 5.27. The molecule has 0 saturated heterocycles. The van der Waals surface area contributed by atoms with Crippen molar-refractivity contribution < 1.29 is 13.2 Å². The van der Waals surface area contributed by atoms with Gasteiger partial charge in [0.15, 0.2) is 5.43 Å². The molecule has 1 aliphatic rings. The van der Waals surface area contributed by atoms with Gasteiger partial charge in [-0.2, -0.15) is 13.2 Å². The first kappa shape index (κ1) is 12.2. The van der Waals surface area contributed by atoms with Crippen molar-refractivity contribution in [2.75, 3.05) is 0 Å². The Bertz CT molecular complexity index is 488. The Labute approximate surface area is 97.1 Å². The zero-order chi connectivity index (χ0) is 12.6. The van der Waals surface area contributed by atoms with Crippen LogP contribution >= 0.6 is 0 Å². The molecule has 0 atom stereocenters. The summed E-state index contributed by atoms with van der Waals surface area (Å²) in [6.07, 6.45) is -1.41. The summed E-state index contributed by atoms with van der Waals surface area (Å²) >= 11 is 0. The SMILES string of the molecule is Cc1c(C(F)(F)F)n2c(cc1=O)CCCCC2. The molecule has 0 amide bonds. The van der Waals surface area contributed by atoms with Crippen molar-refractivity contribution in [3.8, 4) is 0 Å². The van der Waals surface area contributed by atoms with E-state index in [1.54, 1.807) is 0 Å². The van der Waals surface area contributed by atoms with Crippen LogP contribution in [0.25, 0.3) is 0 Å². The number of halogens is 3. The molecule has 0 aliphatic carbocycles. The van der Waals surface area contributed by atoms with Crippen LogP contribution in [0.4, 0.5) is 13.2 Å². The predicted octanol–water partition coefficient (Wildman–Crippen LogP) is 2.90. The molecule has 17 heavy (non-hydrogen) atoms. The minimum absolute atomic E-state index is 0.192. The summed E-state index contributed by atoms with van der Waals surface area (Å²) in [5.74, 6) is 0. The molecule has 0 spiro atoms. The first-order valence-corrected chi connectivity index (χ1v) is 5.72. The van der Waals surface area contributed by atoms with Gasteiger partial charge in [-0.1, -0.05) is 6.42 Å². The summed E-state index contributed by atoms with van der Waals surface area (Å²) < 4.78 is 40.3. The first-order valence-electron chi connectivity index (χ1n) is 5.72. The molecule has 2 heterocycles. The quantitative estimate of drug-likeness (QED) is 0.688. The van der Waals surface area contributed by atoms with Crippen molar-refractivity contribution in [2.45, 2.75) is 45.3 Å². The van der Waals surface area contributed by atoms with E-state index >= 15 is 0 Å². The molecule has 5 heteroatoms. The molecule has 0 aromatic carbocycles. The van der Waals surface area contributed by atoms with Gasteiger partial charge in [-0.15, -0.1) is 0 Å². The molecule has 1 aromatic heterocycles. The highest BCUT2D eigenvalue weighted by Crippen LogP contribution is 2.32. The van der Waals surface area contributed by atoms with Crippen LogP contribution in [0.1, 0.15) is 36.2 Å². The van der Waals surface area contributed by atoms with E-state index in [0.717, 1.165) is 19.3 Å². The third-order valence-electron chi connectivity index (χ3n) is 3.22. The zero-order valence-electron chi connectivity index (χ0n) is 9.60. The number of hydrogen-bond acceptors (Lipinski definition) is 1. The van der Waals surface area contributed by atoms with Crippen molar-refractivity contribution in [2.24, 2.45) is 0 Å². The minimum Gasteiger partial charge on any atom is -0.341 e. The number of fused-ring (bicyclic) bond motifs is 1. The van der Waals surface area contributed by atoms with Crippen LogP contribution in [0, 0.1) is 6.92 Å². The Balaban J connectivity index is 2.71. The third kappa shape index (κ3) is 2.23. The summed E-state index contributed by atoms with van der Waals surface area (Å²) in [5, 5.41) is 0. The van der Waals surface area contributed by atoms with Gasteiger partial charge in [0.05, 0.1) is 0 Å². The van der Waals surface area contributed by atoms with Gasteiger partial charge in [0.25, 0.3) is 0 Å². The van der Waals surface area contributed by atoms with Gasteiger partial charge in [0.1, 0.15) is 5.69 Å². The average molecular weight is 245 g/mol. The van der Waals surface area contributed by atoms with Gasteiger partial charge < -0.3 is 4.57 Å². The molecule has 0 fully saturated rings. The molecule has 0 N–H and O–H groups in total. The van der Waals surface area contributed by atoms with Gasteiger partial charge >= 0.3 is 6.18 Å². The smallest absolute Gasteiger partial charge is 0.341 e. The third-order valence-corrected chi connectivity index (χ3v) is 3.22. The van der Waals surface area contributed by atoms with E-state index in [-0.39, 0.29) is 5.56 Å². The fourth-order valence-corrected chi connectivity index (χ4v) is 2.38.